The van der Waals surface area contributed by atoms with E-state index in [0.717, 1.165) is 30.6 Å². The third kappa shape index (κ3) is 4.16. The number of fused-ring (bicyclic) bond motifs is 1. The predicted octanol–water partition coefficient (Wildman–Crippen LogP) is 5.07. The van der Waals surface area contributed by atoms with Gasteiger partial charge in [-0.1, -0.05) is 42.8 Å². The zero-order chi connectivity index (χ0) is 16.7. The lowest BCUT2D eigenvalue weighted by Gasteiger charge is -2.27. The molecule has 2 aromatic rings. The van der Waals surface area contributed by atoms with Gasteiger partial charge in [-0.05, 0) is 43.5 Å². The minimum absolute atomic E-state index is 0.451. The number of nitrogens with zero attached hydrogens (tertiary/aromatic N) is 2. The fraction of sp³-hybridized carbons (Fsp3) is 0.200. The Bertz CT molecular complexity index is 719. The van der Waals surface area contributed by atoms with Crippen molar-refractivity contribution in [3.63, 3.8) is 0 Å². The fourth-order valence-corrected chi connectivity index (χ4v) is 2.36. The van der Waals surface area contributed by atoms with Crippen molar-refractivity contribution in [3.05, 3.63) is 78.1 Å². The topological polar surface area (TPSA) is 33.2 Å². The molecule has 1 aliphatic rings. The summed E-state index contributed by atoms with van der Waals surface area (Å²) in [5.41, 5.74) is 4.13. The number of aldehydes is 1. The van der Waals surface area contributed by atoms with E-state index in [1.54, 1.807) is 6.07 Å². The number of pyridine rings is 1. The molecule has 0 bridgehead atoms. The second-order valence-electron chi connectivity index (χ2n) is 5.39. The van der Waals surface area contributed by atoms with Crippen LogP contribution in [0.25, 0.3) is 0 Å². The van der Waals surface area contributed by atoms with Crippen LogP contribution in [-0.4, -0.2) is 11.3 Å². The number of hydrogen-bond donors (Lipinski definition) is 0. The van der Waals surface area contributed by atoms with E-state index < -0.39 is 0 Å². The van der Waals surface area contributed by atoms with E-state index in [0.29, 0.717) is 5.69 Å². The SMILES string of the molecule is C=CCC.CC1=CN(c2cccc(C=O)n2)c2ccccc2C1. The maximum absolute atomic E-state index is 10.9. The number of allylic oxidation sites excluding steroid dienone is 2. The Labute approximate surface area is 138 Å². The van der Waals surface area contributed by atoms with E-state index in [1.807, 2.05) is 35.2 Å². The van der Waals surface area contributed by atoms with Crippen LogP contribution in [0.3, 0.4) is 0 Å². The van der Waals surface area contributed by atoms with Gasteiger partial charge in [-0.2, -0.15) is 0 Å². The van der Waals surface area contributed by atoms with Crippen molar-refractivity contribution in [3.8, 4) is 0 Å². The first-order valence-electron chi connectivity index (χ1n) is 7.77. The number of benzene rings is 1. The molecule has 1 aromatic heterocycles. The molecular formula is C20H22N2O. The number of hydrogen-bond acceptors (Lipinski definition) is 3. The van der Waals surface area contributed by atoms with E-state index in [9.17, 15) is 4.79 Å². The molecule has 0 N–H and O–H groups in total. The summed E-state index contributed by atoms with van der Waals surface area (Å²) in [6, 6.07) is 13.7. The number of rotatable bonds is 3. The van der Waals surface area contributed by atoms with Gasteiger partial charge < -0.3 is 4.90 Å². The van der Waals surface area contributed by atoms with Crippen LogP contribution < -0.4 is 4.90 Å². The molecular weight excluding hydrogens is 284 g/mol. The lowest BCUT2D eigenvalue weighted by atomic mass is 10.0. The number of aromatic nitrogens is 1. The Hall–Kier alpha value is -2.68. The van der Waals surface area contributed by atoms with E-state index in [1.165, 1.54) is 11.1 Å². The summed E-state index contributed by atoms with van der Waals surface area (Å²) >= 11 is 0. The largest absolute Gasteiger partial charge is 0.302 e. The standard InChI is InChI=1S/C16H14N2O.C4H8/c1-12-9-13-5-2-3-7-15(13)18(10-12)16-8-4-6-14(11-19)17-16;1-3-4-2/h2-8,10-11H,9H2,1H3;3H,1,4H2,2H3. The van der Waals surface area contributed by atoms with E-state index in [-0.39, 0.29) is 0 Å². The van der Waals surface area contributed by atoms with Gasteiger partial charge in [0, 0.05) is 6.20 Å². The molecule has 3 nitrogen and oxygen atoms in total. The van der Waals surface area contributed by atoms with Gasteiger partial charge in [0.15, 0.2) is 6.29 Å². The third-order valence-electron chi connectivity index (χ3n) is 3.48. The van der Waals surface area contributed by atoms with Crippen molar-refractivity contribution < 1.29 is 4.79 Å². The summed E-state index contributed by atoms with van der Waals surface area (Å²) in [5.74, 6) is 0.774. The molecule has 23 heavy (non-hydrogen) atoms. The number of para-hydroxylation sites is 1. The second-order valence-corrected chi connectivity index (χ2v) is 5.39. The van der Waals surface area contributed by atoms with Gasteiger partial charge in [-0.3, -0.25) is 4.79 Å². The molecule has 0 unspecified atom stereocenters. The van der Waals surface area contributed by atoms with Crippen LogP contribution >= 0.6 is 0 Å². The average Bonchev–Trinajstić information content (AvgIpc) is 2.61. The minimum Gasteiger partial charge on any atom is -0.302 e. The third-order valence-corrected chi connectivity index (χ3v) is 3.48. The van der Waals surface area contributed by atoms with Crippen LogP contribution in [-0.2, 0) is 6.42 Å². The van der Waals surface area contributed by atoms with Crippen molar-refractivity contribution in [1.82, 2.24) is 4.98 Å². The Morgan fingerprint density at radius 3 is 2.65 bits per heavy atom. The van der Waals surface area contributed by atoms with Crippen LogP contribution in [0.15, 0.2) is 66.9 Å². The van der Waals surface area contributed by atoms with E-state index in [4.69, 9.17) is 0 Å². The summed E-state index contributed by atoms with van der Waals surface area (Å²) in [6.07, 6.45) is 6.77. The van der Waals surface area contributed by atoms with E-state index >= 15 is 0 Å². The molecule has 0 atom stereocenters. The molecule has 0 aliphatic carbocycles. The summed E-state index contributed by atoms with van der Waals surface area (Å²) in [7, 11) is 0. The molecule has 3 rings (SSSR count). The number of anilines is 2. The lowest BCUT2D eigenvalue weighted by Crippen LogP contribution is -2.17. The molecule has 0 spiro atoms. The first-order valence-corrected chi connectivity index (χ1v) is 7.77. The number of carbonyl (C=O) groups is 1. The van der Waals surface area contributed by atoms with Crippen molar-refractivity contribution in [1.29, 1.82) is 0 Å². The zero-order valence-corrected chi connectivity index (χ0v) is 13.7. The van der Waals surface area contributed by atoms with E-state index in [2.05, 4.69) is 43.7 Å². The molecule has 0 radical (unpaired) electrons. The van der Waals surface area contributed by atoms with Crippen molar-refractivity contribution >= 4 is 17.8 Å². The lowest BCUT2D eigenvalue weighted by molar-refractivity contribution is 0.111. The molecule has 1 aromatic carbocycles. The Kier molecular flexibility index (Phi) is 5.87. The first kappa shape index (κ1) is 16.7. The quantitative estimate of drug-likeness (QED) is 0.586. The van der Waals surface area contributed by atoms with Gasteiger partial charge in [0.05, 0.1) is 5.69 Å². The van der Waals surface area contributed by atoms with Gasteiger partial charge in [0.1, 0.15) is 11.5 Å². The van der Waals surface area contributed by atoms with Crippen LogP contribution in [0, 0.1) is 0 Å². The van der Waals surface area contributed by atoms with Crippen molar-refractivity contribution in [2.24, 2.45) is 0 Å². The highest BCUT2D eigenvalue weighted by molar-refractivity contribution is 5.75. The molecule has 0 saturated heterocycles. The van der Waals surface area contributed by atoms with Crippen molar-refractivity contribution in [2.75, 3.05) is 4.90 Å². The predicted molar refractivity (Wildman–Crippen MR) is 96.2 cm³/mol. The molecule has 3 heteroatoms. The Morgan fingerprint density at radius 1 is 1.22 bits per heavy atom. The van der Waals surface area contributed by atoms with Gasteiger partial charge >= 0.3 is 0 Å². The van der Waals surface area contributed by atoms with Crippen molar-refractivity contribution in [2.45, 2.75) is 26.7 Å². The first-order chi connectivity index (χ1) is 11.2. The number of carbonyl (C=O) groups excluding carboxylic acids is 1. The summed E-state index contributed by atoms with van der Waals surface area (Å²) in [5, 5.41) is 0. The normalized spacial score (nSPS) is 12.4. The highest BCUT2D eigenvalue weighted by Gasteiger charge is 2.17. The van der Waals surface area contributed by atoms with Crippen LogP contribution in [0.5, 0.6) is 0 Å². The van der Waals surface area contributed by atoms with Gasteiger partial charge in [-0.25, -0.2) is 4.98 Å². The summed E-state index contributed by atoms with van der Waals surface area (Å²) < 4.78 is 0. The van der Waals surface area contributed by atoms with Gasteiger partial charge in [-0.15, -0.1) is 6.58 Å². The minimum atomic E-state index is 0.451. The van der Waals surface area contributed by atoms with Crippen LogP contribution in [0.2, 0.25) is 0 Å². The van der Waals surface area contributed by atoms with Crippen LogP contribution in [0.1, 0.15) is 36.3 Å². The zero-order valence-electron chi connectivity index (χ0n) is 13.7. The maximum atomic E-state index is 10.9. The maximum Gasteiger partial charge on any atom is 0.168 e. The fourth-order valence-electron chi connectivity index (χ4n) is 2.36. The Balaban J connectivity index is 0.000000433. The monoisotopic (exact) mass is 306 g/mol. The smallest absolute Gasteiger partial charge is 0.168 e. The molecule has 2 heterocycles. The van der Waals surface area contributed by atoms with Crippen LogP contribution in [0.4, 0.5) is 11.5 Å². The molecule has 118 valence electrons. The summed E-state index contributed by atoms with van der Waals surface area (Å²) in [4.78, 5) is 17.3. The van der Waals surface area contributed by atoms with Gasteiger partial charge in [0.25, 0.3) is 0 Å². The Morgan fingerprint density at radius 2 is 1.96 bits per heavy atom. The van der Waals surface area contributed by atoms with Gasteiger partial charge in [0.2, 0.25) is 0 Å². The summed E-state index contributed by atoms with van der Waals surface area (Å²) in [6.45, 7) is 7.65. The molecule has 0 fully saturated rings. The average molecular weight is 306 g/mol. The highest BCUT2D eigenvalue weighted by atomic mass is 16.1. The molecule has 0 saturated carbocycles. The second kappa shape index (κ2) is 8.08. The molecule has 1 aliphatic heterocycles. The highest BCUT2D eigenvalue weighted by Crippen LogP contribution is 2.33. The molecule has 0 amide bonds.